The first-order chi connectivity index (χ1) is 9.58. The molecule has 0 fully saturated rings. The Morgan fingerprint density at radius 1 is 1.55 bits per heavy atom. The average Bonchev–Trinajstić information content (AvgIpc) is 2.92. The molecule has 1 N–H and O–H groups in total. The molecule has 1 aliphatic heterocycles. The number of nitrogens with one attached hydrogen (secondary N) is 1. The Morgan fingerprint density at radius 3 is 3.05 bits per heavy atom. The van der Waals surface area contributed by atoms with E-state index < -0.39 is 5.54 Å². The Bertz CT molecular complexity index is 475. The maximum absolute atomic E-state index is 9.44. The first kappa shape index (κ1) is 15.0. The molecule has 0 amide bonds. The van der Waals surface area contributed by atoms with Gasteiger partial charge in [-0.25, -0.2) is 4.98 Å². The quantitative estimate of drug-likeness (QED) is 0.859. The zero-order valence-electron chi connectivity index (χ0n) is 12.8. The first-order valence-electron chi connectivity index (χ1n) is 7.48. The fourth-order valence-corrected chi connectivity index (χ4v) is 2.85. The summed E-state index contributed by atoms with van der Waals surface area (Å²) in [4.78, 5) is 6.82. The van der Waals surface area contributed by atoms with Crippen LogP contribution in [0.4, 0.5) is 0 Å². The zero-order valence-corrected chi connectivity index (χ0v) is 12.8. The number of fused-ring (bicyclic) bond motifs is 1. The molecule has 0 bridgehead atoms. The topological polar surface area (TPSA) is 56.9 Å². The lowest BCUT2D eigenvalue weighted by atomic mass is 9.94. The van der Waals surface area contributed by atoms with E-state index in [1.54, 1.807) is 0 Å². The molecule has 0 saturated carbocycles. The van der Waals surface area contributed by atoms with Crippen molar-refractivity contribution in [2.24, 2.45) is 0 Å². The van der Waals surface area contributed by atoms with Gasteiger partial charge in [-0.3, -0.25) is 10.2 Å². The van der Waals surface area contributed by atoms with Crippen molar-refractivity contribution in [3.63, 3.8) is 0 Å². The van der Waals surface area contributed by atoms with E-state index >= 15 is 0 Å². The van der Waals surface area contributed by atoms with Crippen molar-refractivity contribution in [2.45, 2.75) is 58.3 Å². The highest BCUT2D eigenvalue weighted by atomic mass is 15.2. The van der Waals surface area contributed by atoms with E-state index in [1.165, 1.54) is 0 Å². The molecule has 1 aromatic heterocycles. The molecule has 2 unspecified atom stereocenters. The van der Waals surface area contributed by atoms with E-state index in [1.807, 2.05) is 19.3 Å². The van der Waals surface area contributed by atoms with Crippen molar-refractivity contribution in [2.75, 3.05) is 13.1 Å². The van der Waals surface area contributed by atoms with Gasteiger partial charge in [0.1, 0.15) is 11.4 Å². The van der Waals surface area contributed by atoms with Crippen molar-refractivity contribution in [3.05, 3.63) is 18.2 Å². The summed E-state index contributed by atoms with van der Waals surface area (Å²) in [5.74, 6) is 1.13. The lowest BCUT2D eigenvalue weighted by molar-refractivity contribution is 0.139. The molecule has 0 aliphatic carbocycles. The third-order valence-corrected chi connectivity index (χ3v) is 4.11. The van der Waals surface area contributed by atoms with Gasteiger partial charge >= 0.3 is 0 Å². The van der Waals surface area contributed by atoms with E-state index in [-0.39, 0.29) is 0 Å². The largest absolute Gasteiger partial charge is 0.333 e. The molecule has 110 valence electrons. The van der Waals surface area contributed by atoms with Crippen LogP contribution in [0, 0.1) is 11.3 Å². The third kappa shape index (κ3) is 3.38. The van der Waals surface area contributed by atoms with Crippen molar-refractivity contribution >= 4 is 0 Å². The van der Waals surface area contributed by atoms with Gasteiger partial charge in [0.25, 0.3) is 0 Å². The average molecular weight is 275 g/mol. The predicted octanol–water partition coefficient (Wildman–Crippen LogP) is 1.76. The Hall–Kier alpha value is -1.38. The maximum atomic E-state index is 9.44. The van der Waals surface area contributed by atoms with Gasteiger partial charge in [0.05, 0.1) is 12.6 Å². The van der Waals surface area contributed by atoms with Crippen molar-refractivity contribution in [3.8, 4) is 6.07 Å². The lowest BCUT2D eigenvalue weighted by Crippen LogP contribution is -2.48. The fraction of sp³-hybridized carbons (Fsp3) is 0.733. The summed E-state index contributed by atoms with van der Waals surface area (Å²) in [5, 5.41) is 12.8. The monoisotopic (exact) mass is 275 g/mol. The lowest BCUT2D eigenvalue weighted by Gasteiger charge is -2.36. The van der Waals surface area contributed by atoms with Crippen LogP contribution in [0.3, 0.4) is 0 Å². The summed E-state index contributed by atoms with van der Waals surface area (Å²) >= 11 is 0. The molecule has 20 heavy (non-hydrogen) atoms. The maximum Gasteiger partial charge on any atom is 0.122 e. The van der Waals surface area contributed by atoms with Crippen LogP contribution in [0.5, 0.6) is 0 Å². The van der Waals surface area contributed by atoms with Gasteiger partial charge in [-0.05, 0) is 33.2 Å². The molecule has 0 saturated heterocycles. The molecule has 1 aliphatic rings. The summed E-state index contributed by atoms with van der Waals surface area (Å²) < 4.78 is 2.21. The molecular weight excluding hydrogens is 250 g/mol. The third-order valence-electron chi connectivity index (χ3n) is 4.11. The molecule has 5 heteroatoms. The second kappa shape index (κ2) is 6.38. The van der Waals surface area contributed by atoms with Crippen LogP contribution in [0.15, 0.2) is 12.4 Å². The van der Waals surface area contributed by atoms with Crippen LogP contribution < -0.4 is 5.32 Å². The number of hydrogen-bond donors (Lipinski definition) is 1. The smallest absolute Gasteiger partial charge is 0.122 e. The normalized spacial score (nSPS) is 19.9. The number of hydrogen-bond acceptors (Lipinski definition) is 4. The number of nitrogens with zero attached hydrogens (tertiary/aromatic N) is 4. The van der Waals surface area contributed by atoms with Gasteiger partial charge in [0.15, 0.2) is 0 Å². The van der Waals surface area contributed by atoms with Crippen LogP contribution in [-0.2, 0) is 13.1 Å². The van der Waals surface area contributed by atoms with Gasteiger partial charge in [0, 0.05) is 31.5 Å². The van der Waals surface area contributed by atoms with E-state index in [4.69, 9.17) is 0 Å². The summed E-state index contributed by atoms with van der Waals surface area (Å²) in [6.45, 7) is 10.1. The van der Waals surface area contributed by atoms with Crippen molar-refractivity contribution in [1.29, 1.82) is 5.26 Å². The van der Waals surface area contributed by atoms with E-state index in [2.05, 4.69) is 39.7 Å². The summed E-state index contributed by atoms with van der Waals surface area (Å²) in [6, 6.07) is 2.81. The second-order valence-corrected chi connectivity index (χ2v) is 5.93. The van der Waals surface area contributed by atoms with Crippen LogP contribution in [0.1, 0.15) is 39.4 Å². The highest BCUT2D eigenvalue weighted by Crippen LogP contribution is 2.20. The second-order valence-electron chi connectivity index (χ2n) is 5.93. The molecular formula is C15H25N5. The minimum Gasteiger partial charge on any atom is -0.333 e. The van der Waals surface area contributed by atoms with Crippen molar-refractivity contribution < 1.29 is 0 Å². The minimum absolute atomic E-state index is 0.370. The number of imidazole rings is 1. The molecule has 2 atom stereocenters. The summed E-state index contributed by atoms with van der Waals surface area (Å²) in [6.07, 6.45) is 5.79. The number of rotatable bonds is 6. The number of aromatic nitrogens is 2. The van der Waals surface area contributed by atoms with Gasteiger partial charge in [0.2, 0.25) is 0 Å². The van der Waals surface area contributed by atoms with E-state index in [0.29, 0.717) is 6.04 Å². The highest BCUT2D eigenvalue weighted by molar-refractivity contribution is 5.06. The van der Waals surface area contributed by atoms with Crippen LogP contribution in [0.2, 0.25) is 0 Å². The molecule has 0 radical (unpaired) electrons. The molecule has 2 rings (SSSR count). The summed E-state index contributed by atoms with van der Waals surface area (Å²) in [5.41, 5.74) is -0.442. The van der Waals surface area contributed by atoms with Gasteiger partial charge in [-0.1, -0.05) is 6.92 Å². The van der Waals surface area contributed by atoms with Gasteiger partial charge in [-0.2, -0.15) is 5.26 Å². The van der Waals surface area contributed by atoms with Gasteiger partial charge in [-0.15, -0.1) is 0 Å². The van der Waals surface area contributed by atoms with Crippen LogP contribution in [-0.4, -0.2) is 39.1 Å². The van der Waals surface area contributed by atoms with Crippen LogP contribution in [0.25, 0.3) is 0 Å². The predicted molar refractivity (Wildman–Crippen MR) is 79.0 cm³/mol. The Labute approximate surface area is 121 Å². The van der Waals surface area contributed by atoms with E-state index in [9.17, 15) is 5.26 Å². The Kier molecular flexibility index (Phi) is 4.79. The first-order valence-corrected chi connectivity index (χ1v) is 7.48. The fourth-order valence-electron chi connectivity index (χ4n) is 2.85. The molecule has 0 spiro atoms. The molecule has 2 heterocycles. The SMILES string of the molecule is CCCNC(C)(C#N)CC(C)N1CCn2ccnc2C1. The van der Waals surface area contributed by atoms with E-state index in [0.717, 1.165) is 44.8 Å². The number of nitriles is 1. The summed E-state index contributed by atoms with van der Waals surface area (Å²) in [7, 11) is 0. The minimum atomic E-state index is -0.442. The molecule has 0 aromatic carbocycles. The van der Waals surface area contributed by atoms with Gasteiger partial charge < -0.3 is 4.57 Å². The standard InChI is InChI=1S/C15H25N5/c1-4-5-18-15(3,12-16)10-13(2)20-9-8-19-7-6-17-14(19)11-20/h6-7,13,18H,4-5,8-11H2,1-3H3. The molecule has 5 nitrogen and oxygen atoms in total. The van der Waals surface area contributed by atoms with Crippen molar-refractivity contribution in [1.82, 2.24) is 19.8 Å². The highest BCUT2D eigenvalue weighted by Gasteiger charge is 2.29. The Balaban J connectivity index is 1.95. The Morgan fingerprint density at radius 2 is 2.35 bits per heavy atom. The molecule has 1 aromatic rings. The zero-order chi connectivity index (χ0) is 14.6. The van der Waals surface area contributed by atoms with Crippen LogP contribution >= 0.6 is 0 Å².